The Kier molecular flexibility index (Phi) is 3.58. The summed E-state index contributed by atoms with van der Waals surface area (Å²) >= 11 is 2.88. The van der Waals surface area contributed by atoms with Crippen molar-refractivity contribution in [2.75, 3.05) is 5.33 Å². The van der Waals surface area contributed by atoms with Gasteiger partial charge in [0.25, 0.3) is 5.69 Å². The molecule has 0 saturated heterocycles. The van der Waals surface area contributed by atoms with Gasteiger partial charge < -0.3 is 5.11 Å². The van der Waals surface area contributed by atoms with E-state index in [-0.39, 0.29) is 16.5 Å². The lowest BCUT2D eigenvalue weighted by atomic mass is 10.1. The van der Waals surface area contributed by atoms with Crippen LogP contribution in [0.2, 0.25) is 0 Å². The molecule has 1 aromatic carbocycles. The number of nitro groups is 1. The van der Waals surface area contributed by atoms with Crippen molar-refractivity contribution in [2.45, 2.75) is 0 Å². The third-order valence-corrected chi connectivity index (χ3v) is 2.36. The number of carbonyl (C=O) groups excluding carboxylic acids is 1. The first kappa shape index (κ1) is 12.1. The number of aromatic hydroxyl groups is 1. The van der Waals surface area contributed by atoms with Gasteiger partial charge in [0.05, 0.1) is 27.4 Å². The second-order valence-electron chi connectivity index (χ2n) is 2.81. The van der Waals surface area contributed by atoms with Crippen LogP contribution in [0.25, 0.3) is 0 Å². The summed E-state index contributed by atoms with van der Waals surface area (Å²) in [6, 6.07) is 3.45. The molecule has 1 rings (SSSR count). The highest BCUT2D eigenvalue weighted by Crippen LogP contribution is 2.28. The molecule has 0 saturated carbocycles. The number of benzene rings is 1. The molecule has 1 aromatic rings. The minimum atomic E-state index is -0.781. The van der Waals surface area contributed by atoms with Crippen molar-refractivity contribution in [3.63, 3.8) is 0 Å². The SMILES string of the molecule is N#Cc1cc(C(=O)CBr)c([N+](=O)[O-])cc1O. The second kappa shape index (κ2) is 4.72. The summed E-state index contributed by atoms with van der Waals surface area (Å²) in [6.07, 6.45) is 0. The smallest absolute Gasteiger partial charge is 0.284 e. The van der Waals surface area contributed by atoms with Crippen molar-refractivity contribution in [3.8, 4) is 11.8 Å². The highest BCUT2D eigenvalue weighted by molar-refractivity contribution is 9.09. The van der Waals surface area contributed by atoms with Gasteiger partial charge in [-0.25, -0.2) is 0 Å². The van der Waals surface area contributed by atoms with E-state index in [2.05, 4.69) is 15.9 Å². The van der Waals surface area contributed by atoms with Crippen molar-refractivity contribution in [2.24, 2.45) is 0 Å². The van der Waals surface area contributed by atoms with Crippen molar-refractivity contribution < 1.29 is 14.8 Å². The van der Waals surface area contributed by atoms with E-state index in [1.807, 2.05) is 0 Å². The Morgan fingerprint density at radius 3 is 2.69 bits per heavy atom. The molecule has 1 N–H and O–H groups in total. The summed E-state index contributed by atoms with van der Waals surface area (Å²) in [7, 11) is 0. The molecule has 0 bridgehead atoms. The van der Waals surface area contributed by atoms with Crippen LogP contribution in [0.15, 0.2) is 12.1 Å². The summed E-state index contributed by atoms with van der Waals surface area (Å²) in [5.41, 5.74) is -0.882. The monoisotopic (exact) mass is 284 g/mol. The summed E-state index contributed by atoms with van der Waals surface area (Å²) < 4.78 is 0. The quantitative estimate of drug-likeness (QED) is 0.394. The number of nitro benzene ring substituents is 1. The summed E-state index contributed by atoms with van der Waals surface area (Å²) in [5.74, 6) is -1.04. The number of halogens is 1. The van der Waals surface area contributed by atoms with Crippen LogP contribution in [-0.2, 0) is 0 Å². The van der Waals surface area contributed by atoms with E-state index in [1.54, 1.807) is 6.07 Å². The predicted molar refractivity (Wildman–Crippen MR) is 57.6 cm³/mol. The molecule has 0 spiro atoms. The van der Waals surface area contributed by atoms with Crippen LogP contribution in [-0.4, -0.2) is 21.1 Å². The van der Waals surface area contributed by atoms with Crippen LogP contribution in [0.3, 0.4) is 0 Å². The maximum Gasteiger partial charge on any atom is 0.284 e. The fraction of sp³-hybridized carbons (Fsp3) is 0.111. The molecule has 16 heavy (non-hydrogen) atoms. The van der Waals surface area contributed by atoms with E-state index in [1.165, 1.54) is 0 Å². The van der Waals surface area contributed by atoms with Crippen LogP contribution in [0.4, 0.5) is 5.69 Å². The number of phenols is 1. The number of hydrogen-bond acceptors (Lipinski definition) is 5. The predicted octanol–water partition coefficient (Wildman–Crippen LogP) is 1.75. The zero-order valence-electron chi connectivity index (χ0n) is 7.81. The van der Waals surface area contributed by atoms with E-state index >= 15 is 0 Å². The number of ketones is 1. The largest absolute Gasteiger partial charge is 0.506 e. The van der Waals surface area contributed by atoms with E-state index in [9.17, 15) is 20.0 Å². The lowest BCUT2D eigenvalue weighted by molar-refractivity contribution is -0.385. The molecule has 0 fully saturated rings. The molecule has 0 aliphatic heterocycles. The van der Waals surface area contributed by atoms with E-state index in [0.717, 1.165) is 12.1 Å². The van der Waals surface area contributed by atoms with Gasteiger partial charge in [-0.1, -0.05) is 15.9 Å². The molecule has 0 radical (unpaired) electrons. The fourth-order valence-corrected chi connectivity index (χ4v) is 1.42. The Hall–Kier alpha value is -1.94. The van der Waals surface area contributed by atoms with Gasteiger partial charge in [-0.15, -0.1) is 0 Å². The van der Waals surface area contributed by atoms with Crippen LogP contribution in [0.1, 0.15) is 15.9 Å². The average Bonchev–Trinajstić information content (AvgIpc) is 2.27. The molecule has 0 amide bonds. The van der Waals surface area contributed by atoms with Gasteiger partial charge in [0.1, 0.15) is 11.8 Å². The lowest BCUT2D eigenvalue weighted by Gasteiger charge is -2.02. The molecule has 0 aliphatic rings. The number of carbonyl (C=O) groups is 1. The molecule has 7 heteroatoms. The number of nitriles is 1. The highest BCUT2D eigenvalue weighted by Gasteiger charge is 2.22. The number of rotatable bonds is 3. The standard InChI is InChI=1S/C9H5BrN2O4/c10-3-9(14)6-1-5(4-11)8(13)2-7(6)12(15)16/h1-2,13H,3H2. The molecule has 6 nitrogen and oxygen atoms in total. The Labute approximate surface area is 98.4 Å². The molecule has 82 valence electrons. The molecule has 0 heterocycles. The zero-order valence-corrected chi connectivity index (χ0v) is 9.39. The zero-order chi connectivity index (χ0) is 12.3. The summed E-state index contributed by atoms with van der Waals surface area (Å²) in [5, 5.41) is 28.4. The number of Topliss-reactive ketones (excluding diaryl/α,β-unsaturated/α-hetero) is 1. The first-order valence-electron chi connectivity index (χ1n) is 4.02. The van der Waals surface area contributed by atoms with Crippen molar-refractivity contribution in [3.05, 3.63) is 33.4 Å². The van der Waals surface area contributed by atoms with Gasteiger partial charge in [0, 0.05) is 0 Å². The van der Waals surface area contributed by atoms with E-state index in [0.29, 0.717) is 0 Å². The van der Waals surface area contributed by atoms with Crippen molar-refractivity contribution in [1.29, 1.82) is 5.26 Å². The van der Waals surface area contributed by atoms with Gasteiger partial charge >= 0.3 is 0 Å². The second-order valence-corrected chi connectivity index (χ2v) is 3.37. The van der Waals surface area contributed by atoms with Crippen LogP contribution in [0.5, 0.6) is 5.75 Å². The van der Waals surface area contributed by atoms with Crippen LogP contribution >= 0.6 is 15.9 Å². The van der Waals surface area contributed by atoms with Crippen molar-refractivity contribution >= 4 is 27.4 Å². The number of phenolic OH excluding ortho intramolecular Hbond substituents is 1. The van der Waals surface area contributed by atoms with E-state index in [4.69, 9.17) is 5.26 Å². The Morgan fingerprint density at radius 1 is 1.62 bits per heavy atom. The van der Waals surface area contributed by atoms with Gasteiger partial charge in [-0.2, -0.15) is 5.26 Å². The summed E-state index contributed by atoms with van der Waals surface area (Å²) in [6.45, 7) is 0. The molecule has 0 unspecified atom stereocenters. The summed E-state index contributed by atoms with van der Waals surface area (Å²) in [4.78, 5) is 21.2. The molecule has 0 aliphatic carbocycles. The fourth-order valence-electron chi connectivity index (χ4n) is 1.11. The van der Waals surface area contributed by atoms with Gasteiger partial charge in [-0.05, 0) is 6.07 Å². The molecular weight excluding hydrogens is 280 g/mol. The first-order chi connectivity index (χ1) is 7.51. The highest BCUT2D eigenvalue weighted by atomic mass is 79.9. The van der Waals surface area contributed by atoms with Crippen LogP contribution < -0.4 is 0 Å². The normalized spacial score (nSPS) is 9.50. The maximum absolute atomic E-state index is 11.4. The molecule has 0 aromatic heterocycles. The maximum atomic E-state index is 11.4. The Morgan fingerprint density at radius 2 is 2.25 bits per heavy atom. The topological polar surface area (TPSA) is 104 Å². The minimum Gasteiger partial charge on any atom is -0.506 e. The third kappa shape index (κ3) is 2.17. The Balaban J connectivity index is 3.50. The number of nitrogens with zero attached hydrogens (tertiary/aromatic N) is 2. The van der Waals surface area contributed by atoms with E-state index < -0.39 is 22.1 Å². The minimum absolute atomic E-state index is 0.0938. The average molecular weight is 285 g/mol. The molecule has 0 atom stereocenters. The lowest BCUT2D eigenvalue weighted by Crippen LogP contribution is -2.05. The third-order valence-electron chi connectivity index (χ3n) is 1.85. The van der Waals surface area contributed by atoms with Crippen LogP contribution in [0, 0.1) is 21.4 Å². The first-order valence-corrected chi connectivity index (χ1v) is 5.14. The van der Waals surface area contributed by atoms with Gasteiger partial charge in [-0.3, -0.25) is 14.9 Å². The van der Waals surface area contributed by atoms with Gasteiger partial charge in [0.15, 0.2) is 5.78 Å². The van der Waals surface area contributed by atoms with Crippen molar-refractivity contribution in [1.82, 2.24) is 0 Å². The Bertz CT molecular complexity index is 507. The van der Waals surface area contributed by atoms with Gasteiger partial charge in [0.2, 0.25) is 0 Å². The molecular formula is C9H5BrN2O4. The number of alkyl halides is 1. The number of hydrogen-bond donors (Lipinski definition) is 1.